The van der Waals surface area contributed by atoms with E-state index in [1.54, 1.807) is 60.7 Å². The third-order valence-electron chi connectivity index (χ3n) is 5.16. The first-order valence-electron chi connectivity index (χ1n) is 11.4. The Hall–Kier alpha value is -3.85. The number of amides is 2. The first-order valence-corrected chi connectivity index (χ1v) is 12.8. The maximum atomic E-state index is 13.7. The molecule has 36 heavy (non-hydrogen) atoms. The molecule has 3 rings (SSSR count). The van der Waals surface area contributed by atoms with Gasteiger partial charge < -0.3 is 15.4 Å². The summed E-state index contributed by atoms with van der Waals surface area (Å²) in [6.07, 6.45) is 0. The molecular weight excluding hydrogens is 478 g/mol. The van der Waals surface area contributed by atoms with E-state index in [-0.39, 0.29) is 27.7 Å². The second kappa shape index (κ2) is 10.8. The van der Waals surface area contributed by atoms with Crippen LogP contribution in [0, 0.1) is 6.92 Å². The number of nitrogens with one attached hydrogen (secondary N) is 2. The van der Waals surface area contributed by atoms with Gasteiger partial charge in [-0.1, -0.05) is 36.4 Å². The molecule has 0 atom stereocenters. The normalized spacial score (nSPS) is 11.5. The zero-order chi connectivity index (χ0) is 26.5. The van der Waals surface area contributed by atoms with Crippen molar-refractivity contribution in [1.29, 1.82) is 0 Å². The molecular formula is C27H31N3O5S. The molecule has 3 aromatic rings. The van der Waals surface area contributed by atoms with E-state index in [0.717, 1.165) is 9.87 Å². The lowest BCUT2D eigenvalue weighted by Crippen LogP contribution is -2.41. The number of sulfonamides is 1. The number of aryl methyl sites for hydroxylation is 1. The van der Waals surface area contributed by atoms with E-state index >= 15 is 0 Å². The molecule has 190 valence electrons. The fourth-order valence-corrected chi connectivity index (χ4v) is 4.98. The van der Waals surface area contributed by atoms with Crippen molar-refractivity contribution < 1.29 is 22.7 Å². The Kier molecular flexibility index (Phi) is 8.04. The largest absolute Gasteiger partial charge is 0.495 e. The van der Waals surface area contributed by atoms with Gasteiger partial charge in [0.15, 0.2) is 0 Å². The highest BCUT2D eigenvalue weighted by molar-refractivity contribution is 7.92. The van der Waals surface area contributed by atoms with Crippen LogP contribution < -0.4 is 19.7 Å². The van der Waals surface area contributed by atoms with Crippen LogP contribution in [0.2, 0.25) is 0 Å². The number of hydrogen-bond donors (Lipinski definition) is 2. The minimum Gasteiger partial charge on any atom is -0.495 e. The highest BCUT2D eigenvalue weighted by atomic mass is 32.2. The van der Waals surface area contributed by atoms with Crippen LogP contribution >= 0.6 is 0 Å². The lowest BCUT2D eigenvalue weighted by molar-refractivity contribution is -0.114. The Labute approximate surface area is 212 Å². The van der Waals surface area contributed by atoms with Gasteiger partial charge in [0.05, 0.1) is 28.9 Å². The number of para-hydroxylation sites is 1. The van der Waals surface area contributed by atoms with Crippen LogP contribution in [0.3, 0.4) is 0 Å². The van der Waals surface area contributed by atoms with E-state index in [9.17, 15) is 18.0 Å². The summed E-state index contributed by atoms with van der Waals surface area (Å²) >= 11 is 0. The standard InChI is InChI=1S/C27H31N3O5S/c1-19-15-16-24(35-5)23(17-19)30(36(33,34)20-11-7-6-8-12-20)18-25(31)28-22-14-10-9-13-21(22)26(32)29-27(2,3)4/h6-17H,18H2,1-5H3,(H,28,31)(H,29,32). The third kappa shape index (κ3) is 6.42. The van der Waals surface area contributed by atoms with Gasteiger partial charge in [-0.3, -0.25) is 13.9 Å². The lowest BCUT2D eigenvalue weighted by Gasteiger charge is -2.26. The van der Waals surface area contributed by atoms with Gasteiger partial charge in [0.1, 0.15) is 12.3 Å². The molecule has 0 aliphatic carbocycles. The highest BCUT2D eigenvalue weighted by Crippen LogP contribution is 2.33. The van der Waals surface area contributed by atoms with Crippen LogP contribution in [0.5, 0.6) is 5.75 Å². The summed E-state index contributed by atoms with van der Waals surface area (Å²) in [7, 11) is -2.69. The minimum absolute atomic E-state index is 0.0336. The Morgan fingerprint density at radius 1 is 0.944 bits per heavy atom. The number of anilines is 2. The van der Waals surface area contributed by atoms with Crippen LogP contribution in [0.15, 0.2) is 77.7 Å². The number of carbonyl (C=O) groups is 2. The first kappa shape index (κ1) is 26.7. The summed E-state index contributed by atoms with van der Waals surface area (Å²) in [5.74, 6) is -0.667. The van der Waals surface area contributed by atoms with E-state index < -0.39 is 28.0 Å². The van der Waals surface area contributed by atoms with Crippen molar-refractivity contribution >= 4 is 33.2 Å². The maximum absolute atomic E-state index is 13.7. The van der Waals surface area contributed by atoms with Crippen LogP contribution in [0.25, 0.3) is 0 Å². The SMILES string of the molecule is COc1ccc(C)cc1N(CC(=O)Nc1ccccc1C(=O)NC(C)(C)C)S(=O)(=O)c1ccccc1. The molecule has 3 aromatic carbocycles. The maximum Gasteiger partial charge on any atom is 0.264 e. The van der Waals surface area contributed by atoms with Gasteiger partial charge in [0.2, 0.25) is 5.91 Å². The Morgan fingerprint density at radius 3 is 2.22 bits per heavy atom. The molecule has 8 nitrogen and oxygen atoms in total. The van der Waals surface area contributed by atoms with Crippen LogP contribution in [0.4, 0.5) is 11.4 Å². The number of benzene rings is 3. The van der Waals surface area contributed by atoms with Gasteiger partial charge in [-0.15, -0.1) is 0 Å². The van der Waals surface area contributed by atoms with Gasteiger partial charge in [-0.25, -0.2) is 8.42 Å². The second-order valence-electron chi connectivity index (χ2n) is 9.30. The predicted octanol–water partition coefficient (Wildman–Crippen LogP) is 4.37. The van der Waals surface area contributed by atoms with Crippen molar-refractivity contribution in [3.8, 4) is 5.75 Å². The number of methoxy groups -OCH3 is 1. The molecule has 9 heteroatoms. The van der Waals surface area contributed by atoms with Gasteiger partial charge in [-0.05, 0) is 69.7 Å². The molecule has 0 saturated carbocycles. The lowest BCUT2D eigenvalue weighted by atomic mass is 10.1. The summed E-state index contributed by atoms with van der Waals surface area (Å²) in [5.41, 5.74) is 1.10. The van der Waals surface area contributed by atoms with Crippen molar-refractivity contribution in [2.45, 2.75) is 38.1 Å². The van der Waals surface area contributed by atoms with Crippen LogP contribution in [-0.2, 0) is 14.8 Å². The molecule has 0 unspecified atom stereocenters. The molecule has 0 fully saturated rings. The number of nitrogens with zero attached hydrogens (tertiary/aromatic N) is 1. The molecule has 0 bridgehead atoms. The summed E-state index contributed by atoms with van der Waals surface area (Å²) in [6.45, 7) is 6.85. The minimum atomic E-state index is -4.13. The Bertz CT molecular complexity index is 1350. The van der Waals surface area contributed by atoms with E-state index in [1.807, 2.05) is 27.7 Å². The molecule has 0 aromatic heterocycles. The van der Waals surface area contributed by atoms with Gasteiger partial charge in [0, 0.05) is 5.54 Å². The van der Waals surface area contributed by atoms with Crippen LogP contribution in [0.1, 0.15) is 36.7 Å². The summed E-state index contributed by atoms with van der Waals surface area (Å²) < 4.78 is 33.8. The van der Waals surface area contributed by atoms with Crippen molar-refractivity contribution in [3.05, 3.63) is 83.9 Å². The number of hydrogen-bond acceptors (Lipinski definition) is 5. The first-order chi connectivity index (χ1) is 16.9. The number of rotatable bonds is 8. The van der Waals surface area contributed by atoms with E-state index in [2.05, 4.69) is 10.6 Å². The molecule has 0 aliphatic heterocycles. The van der Waals surface area contributed by atoms with E-state index in [1.165, 1.54) is 19.2 Å². The fraction of sp³-hybridized carbons (Fsp3) is 0.259. The van der Waals surface area contributed by atoms with E-state index in [4.69, 9.17) is 4.74 Å². The Balaban J connectivity index is 1.99. The van der Waals surface area contributed by atoms with Crippen molar-refractivity contribution in [2.75, 3.05) is 23.3 Å². The molecule has 0 saturated heterocycles. The summed E-state index contributed by atoms with van der Waals surface area (Å²) in [4.78, 5) is 26.0. The number of carbonyl (C=O) groups excluding carboxylic acids is 2. The second-order valence-corrected chi connectivity index (χ2v) is 11.2. The predicted molar refractivity (Wildman–Crippen MR) is 141 cm³/mol. The summed E-state index contributed by atoms with van der Waals surface area (Å²) in [6, 6.07) is 19.5. The molecule has 0 radical (unpaired) electrons. The zero-order valence-electron chi connectivity index (χ0n) is 21.0. The van der Waals surface area contributed by atoms with Crippen molar-refractivity contribution in [1.82, 2.24) is 5.32 Å². The molecule has 2 N–H and O–H groups in total. The third-order valence-corrected chi connectivity index (χ3v) is 6.93. The molecule has 0 heterocycles. The topological polar surface area (TPSA) is 105 Å². The van der Waals surface area contributed by atoms with E-state index in [0.29, 0.717) is 5.75 Å². The van der Waals surface area contributed by atoms with Crippen molar-refractivity contribution in [3.63, 3.8) is 0 Å². The fourth-order valence-electron chi connectivity index (χ4n) is 3.53. The smallest absolute Gasteiger partial charge is 0.264 e. The van der Waals surface area contributed by atoms with Crippen LogP contribution in [-0.4, -0.2) is 39.4 Å². The van der Waals surface area contributed by atoms with Gasteiger partial charge in [0.25, 0.3) is 15.9 Å². The molecule has 0 aliphatic rings. The highest BCUT2D eigenvalue weighted by Gasteiger charge is 2.30. The quantitative estimate of drug-likeness (QED) is 0.469. The van der Waals surface area contributed by atoms with Crippen molar-refractivity contribution in [2.24, 2.45) is 0 Å². The zero-order valence-corrected chi connectivity index (χ0v) is 21.8. The summed E-state index contributed by atoms with van der Waals surface area (Å²) in [5, 5.41) is 5.58. The molecule has 2 amide bonds. The average Bonchev–Trinajstić information content (AvgIpc) is 2.82. The van der Waals surface area contributed by atoms with Gasteiger partial charge >= 0.3 is 0 Å². The average molecular weight is 510 g/mol. The van der Waals surface area contributed by atoms with Gasteiger partial charge in [-0.2, -0.15) is 0 Å². The number of ether oxygens (including phenoxy) is 1. The monoisotopic (exact) mass is 509 g/mol. The Morgan fingerprint density at radius 2 is 1.58 bits per heavy atom. The molecule has 0 spiro atoms.